The van der Waals surface area contributed by atoms with Gasteiger partial charge in [-0.15, -0.1) is 0 Å². The number of carbonyl (C=O) groups excluding carboxylic acids is 1. The zero-order valence-corrected chi connectivity index (χ0v) is 8.69. The Morgan fingerprint density at radius 3 is 2.87 bits per heavy atom. The molecule has 0 amide bonds. The summed E-state index contributed by atoms with van der Waals surface area (Å²) in [5.74, 6) is 0.199. The summed E-state index contributed by atoms with van der Waals surface area (Å²) in [7, 11) is 0. The third-order valence-electron chi connectivity index (χ3n) is 2.50. The molecule has 0 unspecified atom stereocenters. The molecule has 4 nitrogen and oxygen atoms in total. The van der Waals surface area contributed by atoms with E-state index in [1.165, 1.54) is 0 Å². The maximum atomic E-state index is 11.3. The lowest BCUT2D eigenvalue weighted by Gasteiger charge is -2.26. The topological polar surface area (TPSA) is 51.2 Å². The number of ether oxygens (including phenoxy) is 1. The Bertz CT molecular complexity index is 344. The second-order valence-electron chi connectivity index (χ2n) is 3.55. The van der Waals surface area contributed by atoms with Gasteiger partial charge in [0.1, 0.15) is 0 Å². The molecule has 1 aliphatic heterocycles. The minimum absolute atomic E-state index is 0.303. The number of nitrogens with one attached hydrogen (secondary N) is 1. The van der Waals surface area contributed by atoms with Gasteiger partial charge in [-0.25, -0.2) is 4.79 Å². The molecule has 0 aliphatic carbocycles. The molecule has 0 aromatic carbocycles. The molecule has 2 heterocycles. The van der Waals surface area contributed by atoms with Gasteiger partial charge >= 0.3 is 5.97 Å². The van der Waals surface area contributed by atoms with Crippen molar-refractivity contribution in [2.75, 3.05) is 19.7 Å². The normalized spacial score (nSPS) is 15.8. The molecule has 4 heteroatoms. The SMILES string of the molecule is CCOC(=O)c1ccc(C2CNC2)nc1. The fourth-order valence-corrected chi connectivity index (χ4v) is 1.48. The van der Waals surface area contributed by atoms with E-state index in [0.717, 1.165) is 18.8 Å². The predicted octanol–water partition coefficient (Wildman–Crippen LogP) is 0.945. The van der Waals surface area contributed by atoms with E-state index in [1.807, 2.05) is 6.07 Å². The van der Waals surface area contributed by atoms with Gasteiger partial charge in [-0.2, -0.15) is 0 Å². The van der Waals surface area contributed by atoms with Gasteiger partial charge in [-0.3, -0.25) is 4.98 Å². The Morgan fingerprint density at radius 2 is 2.40 bits per heavy atom. The summed E-state index contributed by atoms with van der Waals surface area (Å²) in [6.45, 7) is 4.14. The summed E-state index contributed by atoms with van der Waals surface area (Å²) in [5, 5.41) is 3.19. The van der Waals surface area contributed by atoms with Crippen molar-refractivity contribution >= 4 is 5.97 Å². The number of nitrogens with zero attached hydrogens (tertiary/aromatic N) is 1. The van der Waals surface area contributed by atoms with E-state index < -0.39 is 0 Å². The third-order valence-corrected chi connectivity index (χ3v) is 2.50. The second-order valence-corrected chi connectivity index (χ2v) is 3.55. The first kappa shape index (κ1) is 10.1. The van der Waals surface area contributed by atoms with Gasteiger partial charge < -0.3 is 10.1 Å². The molecule has 1 saturated heterocycles. The quantitative estimate of drug-likeness (QED) is 0.748. The molecular formula is C11H14N2O2. The van der Waals surface area contributed by atoms with Crippen molar-refractivity contribution in [2.24, 2.45) is 0 Å². The summed E-state index contributed by atoms with van der Waals surface area (Å²) < 4.78 is 4.88. The van der Waals surface area contributed by atoms with E-state index >= 15 is 0 Å². The van der Waals surface area contributed by atoms with Crippen molar-refractivity contribution in [1.82, 2.24) is 10.3 Å². The van der Waals surface area contributed by atoms with Crippen molar-refractivity contribution in [3.8, 4) is 0 Å². The predicted molar refractivity (Wildman–Crippen MR) is 55.8 cm³/mol. The highest BCUT2D eigenvalue weighted by atomic mass is 16.5. The number of aromatic nitrogens is 1. The highest BCUT2D eigenvalue weighted by Crippen LogP contribution is 2.17. The lowest BCUT2D eigenvalue weighted by Crippen LogP contribution is -2.40. The molecule has 0 spiro atoms. The number of hydrogen-bond acceptors (Lipinski definition) is 4. The molecular weight excluding hydrogens is 192 g/mol. The molecule has 0 bridgehead atoms. The van der Waals surface area contributed by atoms with Crippen LogP contribution in [0.25, 0.3) is 0 Å². The standard InChI is InChI=1S/C11H14N2O2/c1-2-15-11(14)8-3-4-10(13-7-8)9-5-12-6-9/h3-4,7,9,12H,2,5-6H2,1H3. The first-order chi connectivity index (χ1) is 7.31. The molecule has 0 radical (unpaired) electrons. The van der Waals surface area contributed by atoms with E-state index in [1.54, 1.807) is 19.2 Å². The minimum Gasteiger partial charge on any atom is -0.462 e. The zero-order valence-electron chi connectivity index (χ0n) is 8.69. The number of hydrogen-bond donors (Lipinski definition) is 1. The molecule has 1 fully saturated rings. The summed E-state index contributed by atoms with van der Waals surface area (Å²) in [5.41, 5.74) is 1.56. The molecule has 0 saturated carbocycles. The third kappa shape index (κ3) is 2.15. The summed E-state index contributed by atoms with van der Waals surface area (Å²) >= 11 is 0. The Balaban J connectivity index is 2.06. The van der Waals surface area contributed by atoms with Crippen LogP contribution in [0, 0.1) is 0 Å². The van der Waals surface area contributed by atoms with Crippen LogP contribution >= 0.6 is 0 Å². The molecule has 1 aliphatic rings. The Hall–Kier alpha value is -1.42. The summed E-state index contributed by atoms with van der Waals surface area (Å²) in [6, 6.07) is 3.68. The lowest BCUT2D eigenvalue weighted by atomic mass is 9.98. The number of rotatable bonds is 3. The van der Waals surface area contributed by atoms with Crippen LogP contribution in [0.3, 0.4) is 0 Å². The van der Waals surface area contributed by atoms with E-state index in [-0.39, 0.29) is 5.97 Å². The van der Waals surface area contributed by atoms with Gasteiger partial charge in [-0.05, 0) is 19.1 Å². The van der Waals surface area contributed by atoms with Gasteiger partial charge in [0.25, 0.3) is 0 Å². The zero-order chi connectivity index (χ0) is 10.7. The van der Waals surface area contributed by atoms with Crippen LogP contribution in [-0.2, 0) is 4.74 Å². The van der Waals surface area contributed by atoms with Crippen LogP contribution < -0.4 is 5.32 Å². The molecule has 1 aromatic rings. The van der Waals surface area contributed by atoms with Crippen LogP contribution in [0.4, 0.5) is 0 Å². The maximum absolute atomic E-state index is 11.3. The van der Waals surface area contributed by atoms with E-state index in [2.05, 4.69) is 10.3 Å². The number of esters is 1. The van der Waals surface area contributed by atoms with Crippen LogP contribution in [0.1, 0.15) is 28.9 Å². The average molecular weight is 206 g/mol. The van der Waals surface area contributed by atoms with Gasteiger partial charge in [0, 0.05) is 30.9 Å². The van der Waals surface area contributed by atoms with Gasteiger partial charge in [-0.1, -0.05) is 0 Å². The first-order valence-corrected chi connectivity index (χ1v) is 5.15. The van der Waals surface area contributed by atoms with Crippen molar-refractivity contribution in [3.05, 3.63) is 29.6 Å². The van der Waals surface area contributed by atoms with Gasteiger partial charge in [0.15, 0.2) is 0 Å². The second kappa shape index (κ2) is 4.40. The highest BCUT2D eigenvalue weighted by Gasteiger charge is 2.20. The maximum Gasteiger partial charge on any atom is 0.339 e. The fraction of sp³-hybridized carbons (Fsp3) is 0.455. The van der Waals surface area contributed by atoms with E-state index in [4.69, 9.17) is 4.74 Å². The van der Waals surface area contributed by atoms with Crippen LogP contribution in [0.2, 0.25) is 0 Å². The first-order valence-electron chi connectivity index (χ1n) is 5.15. The van der Waals surface area contributed by atoms with Gasteiger partial charge in [0.2, 0.25) is 0 Å². The number of pyridine rings is 1. The molecule has 2 rings (SSSR count). The Kier molecular flexibility index (Phi) is 2.97. The molecule has 80 valence electrons. The van der Waals surface area contributed by atoms with Crippen LogP contribution in [-0.4, -0.2) is 30.6 Å². The number of carbonyl (C=O) groups is 1. The van der Waals surface area contributed by atoms with Gasteiger partial charge in [0.05, 0.1) is 12.2 Å². The molecule has 0 atom stereocenters. The van der Waals surface area contributed by atoms with E-state index in [0.29, 0.717) is 18.1 Å². The van der Waals surface area contributed by atoms with Crippen molar-refractivity contribution < 1.29 is 9.53 Å². The summed E-state index contributed by atoms with van der Waals surface area (Å²) in [6.07, 6.45) is 1.59. The summed E-state index contributed by atoms with van der Waals surface area (Å²) in [4.78, 5) is 15.6. The molecule has 15 heavy (non-hydrogen) atoms. The average Bonchev–Trinajstić information content (AvgIpc) is 2.16. The monoisotopic (exact) mass is 206 g/mol. The van der Waals surface area contributed by atoms with Crippen molar-refractivity contribution in [1.29, 1.82) is 0 Å². The van der Waals surface area contributed by atoms with E-state index in [9.17, 15) is 4.79 Å². The van der Waals surface area contributed by atoms with Crippen molar-refractivity contribution in [3.63, 3.8) is 0 Å². The molecule has 1 aromatic heterocycles. The lowest BCUT2D eigenvalue weighted by molar-refractivity contribution is 0.0526. The fourth-order valence-electron chi connectivity index (χ4n) is 1.48. The van der Waals surface area contributed by atoms with Crippen LogP contribution in [0.5, 0.6) is 0 Å². The minimum atomic E-state index is -0.303. The highest BCUT2D eigenvalue weighted by molar-refractivity contribution is 5.88. The van der Waals surface area contributed by atoms with Crippen LogP contribution in [0.15, 0.2) is 18.3 Å². The largest absolute Gasteiger partial charge is 0.462 e. The smallest absolute Gasteiger partial charge is 0.339 e. The molecule has 1 N–H and O–H groups in total. The Labute approximate surface area is 88.7 Å². The van der Waals surface area contributed by atoms with Crippen molar-refractivity contribution in [2.45, 2.75) is 12.8 Å². The Morgan fingerprint density at radius 1 is 1.60 bits per heavy atom.